The molecule has 1 aliphatic heterocycles. The Morgan fingerprint density at radius 3 is 3.05 bits per heavy atom. The number of hydrogen-bond acceptors (Lipinski definition) is 5. The van der Waals surface area contributed by atoms with Crippen LogP contribution in [0.4, 0.5) is 5.95 Å². The molecule has 0 aliphatic carbocycles. The zero-order valence-electron chi connectivity index (χ0n) is 11.1. The zero-order chi connectivity index (χ0) is 13.9. The third-order valence-electron chi connectivity index (χ3n) is 2.96. The number of hydrogen-bond donors (Lipinski definition) is 2. The van der Waals surface area contributed by atoms with E-state index in [0.29, 0.717) is 5.95 Å². The van der Waals surface area contributed by atoms with Gasteiger partial charge in [0.2, 0.25) is 5.95 Å². The third-order valence-corrected chi connectivity index (χ3v) is 4.61. The molecule has 108 valence electrons. The van der Waals surface area contributed by atoms with Crippen LogP contribution in [0.1, 0.15) is 5.56 Å². The fourth-order valence-corrected chi connectivity index (χ4v) is 3.49. The van der Waals surface area contributed by atoms with Crippen molar-refractivity contribution >= 4 is 40.0 Å². The van der Waals surface area contributed by atoms with E-state index in [4.69, 9.17) is 4.28 Å². The number of benzene rings is 1. The SMILES string of the molecule is Cc1ccc2nc(NS(=O)ON3CCSCC3)[nH]c2c1. The van der Waals surface area contributed by atoms with Crippen LogP contribution in [-0.2, 0) is 15.6 Å². The summed E-state index contributed by atoms with van der Waals surface area (Å²) in [6.07, 6.45) is 0. The van der Waals surface area contributed by atoms with Gasteiger partial charge in [0.15, 0.2) is 0 Å². The molecule has 8 heteroatoms. The number of imidazole rings is 1. The fourth-order valence-electron chi connectivity index (χ4n) is 1.99. The normalized spacial score (nSPS) is 18.2. The Kier molecular flexibility index (Phi) is 4.25. The molecule has 1 atom stereocenters. The van der Waals surface area contributed by atoms with Crippen molar-refractivity contribution in [1.29, 1.82) is 0 Å². The quantitative estimate of drug-likeness (QED) is 0.901. The van der Waals surface area contributed by atoms with Crippen molar-refractivity contribution in [3.8, 4) is 0 Å². The molecule has 2 heterocycles. The van der Waals surface area contributed by atoms with Gasteiger partial charge in [-0.25, -0.2) is 9.19 Å². The molecule has 2 N–H and O–H groups in total. The first-order valence-corrected chi connectivity index (χ1v) is 8.59. The molecule has 0 spiro atoms. The van der Waals surface area contributed by atoms with Gasteiger partial charge >= 0.3 is 0 Å². The summed E-state index contributed by atoms with van der Waals surface area (Å²) in [5.41, 5.74) is 2.90. The molecule has 20 heavy (non-hydrogen) atoms. The Balaban J connectivity index is 1.64. The van der Waals surface area contributed by atoms with E-state index in [2.05, 4.69) is 14.7 Å². The van der Waals surface area contributed by atoms with E-state index in [9.17, 15) is 4.21 Å². The Morgan fingerprint density at radius 1 is 1.45 bits per heavy atom. The third kappa shape index (κ3) is 3.32. The van der Waals surface area contributed by atoms with Crippen molar-refractivity contribution in [2.24, 2.45) is 0 Å². The fraction of sp³-hybridized carbons (Fsp3) is 0.417. The Morgan fingerprint density at radius 2 is 2.25 bits per heavy atom. The molecule has 1 aliphatic rings. The van der Waals surface area contributed by atoms with Crippen molar-refractivity contribution < 1.29 is 8.49 Å². The summed E-state index contributed by atoms with van der Waals surface area (Å²) in [6.45, 7) is 3.60. The number of fused-ring (bicyclic) bond motifs is 1. The Labute approximate surface area is 124 Å². The highest BCUT2D eigenvalue weighted by molar-refractivity contribution is 7.99. The topological polar surface area (TPSA) is 70.2 Å². The standard InChI is InChI=1S/C12H16N4O2S2/c1-9-2-3-10-11(8-9)14-12(13-10)15-20(17)18-16-4-6-19-7-5-16/h2-3,8H,4-7H2,1H3,(H2,13,14,15). The van der Waals surface area contributed by atoms with Crippen LogP contribution in [0, 0.1) is 6.92 Å². The van der Waals surface area contributed by atoms with Crippen molar-refractivity contribution in [1.82, 2.24) is 15.0 Å². The van der Waals surface area contributed by atoms with E-state index in [1.165, 1.54) is 0 Å². The number of anilines is 1. The van der Waals surface area contributed by atoms with Gasteiger partial charge < -0.3 is 4.98 Å². The van der Waals surface area contributed by atoms with Crippen molar-refractivity contribution in [2.45, 2.75) is 6.92 Å². The largest absolute Gasteiger partial charge is 0.323 e. The van der Waals surface area contributed by atoms with Crippen LogP contribution < -0.4 is 4.72 Å². The molecular weight excluding hydrogens is 296 g/mol. The molecular formula is C12H16N4O2S2. The smallest absolute Gasteiger partial charge is 0.282 e. The van der Waals surface area contributed by atoms with Crippen LogP contribution in [0.25, 0.3) is 11.0 Å². The number of thioether (sulfide) groups is 1. The highest BCUT2D eigenvalue weighted by Crippen LogP contribution is 2.16. The molecule has 3 rings (SSSR count). The maximum atomic E-state index is 11.9. The molecule has 0 bridgehead atoms. The van der Waals surface area contributed by atoms with E-state index in [0.717, 1.165) is 41.2 Å². The molecule has 1 aromatic heterocycles. The van der Waals surface area contributed by atoms with Crippen LogP contribution >= 0.6 is 11.8 Å². The van der Waals surface area contributed by atoms with E-state index in [1.54, 1.807) is 5.06 Å². The van der Waals surface area contributed by atoms with Crippen LogP contribution in [0.15, 0.2) is 18.2 Å². The lowest BCUT2D eigenvalue weighted by atomic mass is 10.2. The van der Waals surface area contributed by atoms with Crippen molar-refractivity contribution in [2.75, 3.05) is 29.3 Å². The number of nitrogens with one attached hydrogen (secondary N) is 2. The lowest BCUT2D eigenvalue weighted by Gasteiger charge is -2.23. The number of aryl methyl sites for hydroxylation is 1. The highest BCUT2D eigenvalue weighted by atomic mass is 32.2. The summed E-state index contributed by atoms with van der Waals surface area (Å²) < 4.78 is 20.0. The molecule has 0 radical (unpaired) electrons. The average Bonchev–Trinajstić information content (AvgIpc) is 2.80. The minimum absolute atomic E-state index is 0.454. The second-order valence-electron chi connectivity index (χ2n) is 4.56. The second-order valence-corrected chi connectivity index (χ2v) is 6.61. The predicted octanol–water partition coefficient (Wildman–Crippen LogP) is 1.84. The first-order chi connectivity index (χ1) is 9.70. The van der Waals surface area contributed by atoms with Gasteiger partial charge in [0.25, 0.3) is 11.3 Å². The molecule has 2 aromatic rings. The molecule has 1 fully saturated rings. The minimum Gasteiger partial charge on any atom is -0.323 e. The van der Waals surface area contributed by atoms with Crippen LogP contribution in [0.2, 0.25) is 0 Å². The van der Waals surface area contributed by atoms with Gasteiger partial charge in [-0.3, -0.25) is 4.72 Å². The summed E-state index contributed by atoms with van der Waals surface area (Å²) >= 11 is 0.247. The van der Waals surface area contributed by atoms with Gasteiger partial charge in [-0.15, -0.1) is 0 Å². The van der Waals surface area contributed by atoms with Crippen molar-refractivity contribution in [3.05, 3.63) is 23.8 Å². The number of nitrogens with zero attached hydrogens (tertiary/aromatic N) is 2. The predicted molar refractivity (Wildman–Crippen MR) is 82.6 cm³/mol. The number of H-pyrrole nitrogens is 1. The Bertz CT molecular complexity index is 625. The lowest BCUT2D eigenvalue weighted by Crippen LogP contribution is -2.34. The Hall–Kier alpha value is -1.09. The van der Waals surface area contributed by atoms with Crippen LogP contribution in [-0.4, -0.2) is 43.8 Å². The monoisotopic (exact) mass is 312 g/mol. The van der Waals surface area contributed by atoms with Crippen molar-refractivity contribution in [3.63, 3.8) is 0 Å². The first-order valence-electron chi connectivity index (χ1n) is 6.37. The molecule has 1 aromatic carbocycles. The summed E-state index contributed by atoms with van der Waals surface area (Å²) in [5.74, 6) is 2.46. The number of hydroxylamine groups is 2. The summed E-state index contributed by atoms with van der Waals surface area (Å²) in [6, 6.07) is 5.92. The molecule has 0 saturated carbocycles. The first kappa shape index (κ1) is 13.9. The second kappa shape index (κ2) is 6.13. The zero-order valence-corrected chi connectivity index (χ0v) is 12.7. The number of rotatable bonds is 4. The summed E-state index contributed by atoms with van der Waals surface area (Å²) in [5, 5.41) is 1.73. The lowest BCUT2D eigenvalue weighted by molar-refractivity contribution is -0.0338. The summed E-state index contributed by atoms with van der Waals surface area (Å²) in [7, 11) is 0. The van der Waals surface area contributed by atoms with Gasteiger partial charge in [0.05, 0.1) is 11.0 Å². The summed E-state index contributed by atoms with van der Waals surface area (Å²) in [4.78, 5) is 7.41. The van der Waals surface area contributed by atoms with Crippen LogP contribution in [0.3, 0.4) is 0 Å². The van der Waals surface area contributed by atoms with E-state index < -0.39 is 11.3 Å². The van der Waals surface area contributed by atoms with Gasteiger partial charge in [-0.1, -0.05) is 6.07 Å². The number of aromatic amines is 1. The maximum Gasteiger partial charge on any atom is 0.282 e. The van der Waals surface area contributed by atoms with E-state index in [-0.39, 0.29) is 0 Å². The van der Waals surface area contributed by atoms with E-state index in [1.807, 2.05) is 36.9 Å². The van der Waals surface area contributed by atoms with Gasteiger partial charge in [0.1, 0.15) is 0 Å². The average molecular weight is 312 g/mol. The van der Waals surface area contributed by atoms with Gasteiger partial charge in [0, 0.05) is 24.6 Å². The maximum absolute atomic E-state index is 11.9. The highest BCUT2D eigenvalue weighted by Gasteiger charge is 2.15. The molecule has 1 unspecified atom stereocenters. The van der Waals surface area contributed by atoms with E-state index >= 15 is 0 Å². The number of aromatic nitrogens is 2. The minimum atomic E-state index is -1.63. The van der Waals surface area contributed by atoms with Gasteiger partial charge in [-0.05, 0) is 24.6 Å². The van der Waals surface area contributed by atoms with Crippen LogP contribution in [0.5, 0.6) is 0 Å². The molecule has 6 nitrogen and oxygen atoms in total. The molecule has 0 amide bonds. The molecule has 1 saturated heterocycles. The van der Waals surface area contributed by atoms with Gasteiger partial charge in [-0.2, -0.15) is 21.1 Å².